The lowest BCUT2D eigenvalue weighted by molar-refractivity contribution is -0.140. The van der Waals surface area contributed by atoms with E-state index in [1.165, 1.54) is 0 Å². The Balaban J connectivity index is 1.79. The highest BCUT2D eigenvalue weighted by Gasteiger charge is 2.35. The Morgan fingerprint density at radius 3 is 2.68 bits per heavy atom. The maximum absolute atomic E-state index is 13.1. The number of amides is 2. The predicted octanol–water partition coefficient (Wildman–Crippen LogP) is 0.0254. The number of nitrogens with one attached hydrogen (secondary N) is 1. The summed E-state index contributed by atoms with van der Waals surface area (Å²) in [6.07, 6.45) is 0. The fourth-order valence-corrected chi connectivity index (χ4v) is 3.25. The van der Waals surface area contributed by atoms with E-state index in [9.17, 15) is 9.59 Å². The highest BCUT2D eigenvalue weighted by molar-refractivity contribution is 5.98. The van der Waals surface area contributed by atoms with Gasteiger partial charge in [0.15, 0.2) is 0 Å². The van der Waals surface area contributed by atoms with Crippen LogP contribution in [0.15, 0.2) is 24.3 Å². The smallest absolute Gasteiger partial charge is 0.254 e. The van der Waals surface area contributed by atoms with Crippen LogP contribution in [0.5, 0.6) is 0 Å². The van der Waals surface area contributed by atoms with Gasteiger partial charge in [0.25, 0.3) is 5.91 Å². The van der Waals surface area contributed by atoms with Crippen LogP contribution in [0.1, 0.15) is 10.4 Å². The minimum Gasteiger partial charge on any atom is -0.378 e. The van der Waals surface area contributed by atoms with Gasteiger partial charge in [-0.1, -0.05) is 6.07 Å². The van der Waals surface area contributed by atoms with Crippen molar-refractivity contribution in [2.24, 2.45) is 0 Å². The summed E-state index contributed by atoms with van der Waals surface area (Å²) in [4.78, 5) is 31.4. The number of carbonyl (C=O) groups excluding carboxylic acids is 2. The molecular weight excluding hydrogens is 320 g/mol. The molecule has 0 saturated carbocycles. The van der Waals surface area contributed by atoms with Crippen LogP contribution >= 0.6 is 0 Å². The topological polar surface area (TPSA) is 65.1 Å². The second-order valence-corrected chi connectivity index (χ2v) is 6.60. The summed E-state index contributed by atoms with van der Waals surface area (Å²) in [5.74, 6) is -0.0792. The molecule has 25 heavy (non-hydrogen) atoms. The van der Waals surface area contributed by atoms with Crippen molar-refractivity contribution in [3.63, 3.8) is 0 Å². The van der Waals surface area contributed by atoms with Crippen LogP contribution in [0.25, 0.3) is 0 Å². The van der Waals surface area contributed by atoms with E-state index >= 15 is 0 Å². The summed E-state index contributed by atoms with van der Waals surface area (Å²) in [5.41, 5.74) is 1.59. The van der Waals surface area contributed by atoms with Crippen LogP contribution in [0, 0.1) is 0 Å². The standard InChI is InChI=1S/C18H26N4O3/c1-20(2)15-5-3-4-14(12-15)17(23)22-7-6-19-13-16(22)18(24)21-8-10-25-11-9-21/h3-5,12,16,19H,6-11,13H2,1-2H3. The predicted molar refractivity (Wildman–Crippen MR) is 95.9 cm³/mol. The first-order valence-electron chi connectivity index (χ1n) is 8.73. The van der Waals surface area contributed by atoms with Gasteiger partial charge in [0.1, 0.15) is 6.04 Å². The van der Waals surface area contributed by atoms with E-state index in [4.69, 9.17) is 4.74 Å². The van der Waals surface area contributed by atoms with Crippen molar-refractivity contribution in [3.8, 4) is 0 Å². The van der Waals surface area contributed by atoms with Crippen LogP contribution in [0.4, 0.5) is 5.69 Å². The number of hydrogen-bond acceptors (Lipinski definition) is 5. The Labute approximate surface area is 148 Å². The SMILES string of the molecule is CN(C)c1cccc(C(=O)N2CCNCC2C(=O)N2CCOCC2)c1. The maximum atomic E-state index is 13.1. The van der Waals surface area contributed by atoms with Gasteiger partial charge in [0.05, 0.1) is 13.2 Å². The number of rotatable bonds is 3. The molecule has 2 aliphatic rings. The molecule has 2 saturated heterocycles. The van der Waals surface area contributed by atoms with Gasteiger partial charge in [-0.15, -0.1) is 0 Å². The minimum atomic E-state index is -0.456. The van der Waals surface area contributed by atoms with Gasteiger partial charge in [-0.2, -0.15) is 0 Å². The number of nitrogens with zero attached hydrogens (tertiary/aromatic N) is 3. The molecule has 0 radical (unpaired) electrons. The molecule has 1 unspecified atom stereocenters. The molecule has 136 valence electrons. The highest BCUT2D eigenvalue weighted by Crippen LogP contribution is 2.18. The number of ether oxygens (including phenoxy) is 1. The van der Waals surface area contributed by atoms with Crippen LogP contribution in [-0.2, 0) is 9.53 Å². The first-order chi connectivity index (χ1) is 12.1. The summed E-state index contributed by atoms with van der Waals surface area (Å²) >= 11 is 0. The van der Waals surface area contributed by atoms with Gasteiger partial charge in [0.2, 0.25) is 5.91 Å². The Kier molecular flexibility index (Phi) is 5.55. The number of carbonyl (C=O) groups is 2. The van der Waals surface area contributed by atoms with E-state index < -0.39 is 6.04 Å². The molecule has 0 aliphatic carbocycles. The first-order valence-corrected chi connectivity index (χ1v) is 8.73. The molecule has 1 aromatic rings. The lowest BCUT2D eigenvalue weighted by atomic mass is 10.1. The molecule has 2 fully saturated rings. The van der Waals surface area contributed by atoms with Crippen LogP contribution in [0.3, 0.4) is 0 Å². The number of piperazine rings is 1. The number of anilines is 1. The summed E-state index contributed by atoms with van der Waals surface area (Å²) in [7, 11) is 3.89. The normalized spacial score (nSPS) is 21.1. The number of hydrogen-bond donors (Lipinski definition) is 1. The number of benzene rings is 1. The third-order valence-electron chi connectivity index (χ3n) is 4.72. The first kappa shape index (κ1) is 17.7. The van der Waals surface area contributed by atoms with Crippen molar-refractivity contribution in [1.29, 1.82) is 0 Å². The van der Waals surface area contributed by atoms with Crippen molar-refractivity contribution >= 4 is 17.5 Å². The van der Waals surface area contributed by atoms with Gasteiger partial charge in [-0.3, -0.25) is 9.59 Å². The minimum absolute atomic E-state index is 0.00705. The van der Waals surface area contributed by atoms with Crippen molar-refractivity contribution in [2.45, 2.75) is 6.04 Å². The van der Waals surface area contributed by atoms with Crippen LogP contribution < -0.4 is 10.2 Å². The van der Waals surface area contributed by atoms with Gasteiger partial charge in [-0.05, 0) is 18.2 Å². The highest BCUT2D eigenvalue weighted by atomic mass is 16.5. The van der Waals surface area contributed by atoms with Crippen molar-refractivity contribution < 1.29 is 14.3 Å². The Morgan fingerprint density at radius 2 is 1.96 bits per heavy atom. The summed E-state index contributed by atoms with van der Waals surface area (Å²) < 4.78 is 5.32. The van der Waals surface area contributed by atoms with E-state index in [1.807, 2.05) is 43.3 Å². The molecule has 7 nitrogen and oxygen atoms in total. The lowest BCUT2D eigenvalue weighted by Crippen LogP contribution is -2.61. The molecule has 2 aliphatic heterocycles. The zero-order valence-corrected chi connectivity index (χ0v) is 14.9. The second kappa shape index (κ2) is 7.84. The van der Waals surface area contributed by atoms with Gasteiger partial charge >= 0.3 is 0 Å². The molecule has 1 atom stereocenters. The molecule has 0 bridgehead atoms. The summed E-state index contributed by atoms with van der Waals surface area (Å²) in [6, 6.07) is 7.07. The third kappa shape index (κ3) is 3.93. The van der Waals surface area contributed by atoms with E-state index in [0.717, 1.165) is 5.69 Å². The van der Waals surface area contributed by atoms with Crippen LogP contribution in [0.2, 0.25) is 0 Å². The molecule has 2 amide bonds. The van der Waals surface area contributed by atoms with Crippen molar-refractivity contribution in [2.75, 3.05) is 64.9 Å². The number of morpholine rings is 1. The van der Waals surface area contributed by atoms with Crippen LogP contribution in [-0.4, -0.2) is 87.7 Å². The fourth-order valence-electron chi connectivity index (χ4n) is 3.25. The van der Waals surface area contributed by atoms with Gasteiger partial charge in [-0.25, -0.2) is 0 Å². The van der Waals surface area contributed by atoms with E-state index in [1.54, 1.807) is 9.80 Å². The summed E-state index contributed by atoms with van der Waals surface area (Å²) in [6.45, 7) is 4.03. The zero-order valence-electron chi connectivity index (χ0n) is 14.9. The zero-order chi connectivity index (χ0) is 17.8. The Bertz CT molecular complexity index is 629. The molecule has 0 aromatic heterocycles. The quantitative estimate of drug-likeness (QED) is 0.836. The molecule has 3 rings (SSSR count). The molecule has 7 heteroatoms. The Morgan fingerprint density at radius 1 is 1.20 bits per heavy atom. The van der Waals surface area contributed by atoms with E-state index in [0.29, 0.717) is 51.5 Å². The molecule has 0 spiro atoms. The third-order valence-corrected chi connectivity index (χ3v) is 4.72. The lowest BCUT2D eigenvalue weighted by Gasteiger charge is -2.39. The maximum Gasteiger partial charge on any atom is 0.254 e. The molecule has 1 N–H and O–H groups in total. The van der Waals surface area contributed by atoms with E-state index in [2.05, 4.69) is 5.32 Å². The van der Waals surface area contributed by atoms with E-state index in [-0.39, 0.29) is 11.8 Å². The molecular formula is C18H26N4O3. The second-order valence-electron chi connectivity index (χ2n) is 6.60. The summed E-state index contributed by atoms with van der Waals surface area (Å²) in [5, 5.41) is 3.24. The van der Waals surface area contributed by atoms with Crippen molar-refractivity contribution in [1.82, 2.24) is 15.1 Å². The van der Waals surface area contributed by atoms with Gasteiger partial charge in [0, 0.05) is 58.1 Å². The molecule has 2 heterocycles. The monoisotopic (exact) mass is 346 g/mol. The average Bonchev–Trinajstić information content (AvgIpc) is 2.67. The molecule has 1 aromatic carbocycles. The largest absolute Gasteiger partial charge is 0.378 e. The Hall–Kier alpha value is -2.12. The van der Waals surface area contributed by atoms with Gasteiger partial charge < -0.3 is 24.8 Å². The fraction of sp³-hybridized carbons (Fsp3) is 0.556. The van der Waals surface area contributed by atoms with Crippen molar-refractivity contribution in [3.05, 3.63) is 29.8 Å². The average molecular weight is 346 g/mol.